The van der Waals surface area contributed by atoms with Gasteiger partial charge in [0, 0.05) is 42.7 Å². The van der Waals surface area contributed by atoms with Gasteiger partial charge in [-0.15, -0.1) is 0 Å². The summed E-state index contributed by atoms with van der Waals surface area (Å²) >= 11 is 0. The second-order valence-electron chi connectivity index (χ2n) is 6.53. The molecule has 3 heterocycles. The number of aromatic nitrogens is 4. The molecule has 3 rings (SSSR count). The summed E-state index contributed by atoms with van der Waals surface area (Å²) in [5.41, 5.74) is 11.4. The van der Waals surface area contributed by atoms with Gasteiger partial charge >= 0.3 is 0 Å². The van der Waals surface area contributed by atoms with Crippen molar-refractivity contribution in [3.63, 3.8) is 0 Å². The van der Waals surface area contributed by atoms with Crippen LogP contribution in [0, 0.1) is 6.92 Å². The third kappa shape index (κ3) is 4.35. The molecule has 0 fully saturated rings. The Morgan fingerprint density at radius 2 is 2.10 bits per heavy atom. The lowest BCUT2D eigenvalue weighted by atomic mass is 10.2. The van der Waals surface area contributed by atoms with Crippen LogP contribution in [0.4, 0.5) is 11.4 Å². The lowest BCUT2D eigenvalue weighted by Crippen LogP contribution is -2.10. The Bertz CT molecular complexity index is 1160. The van der Waals surface area contributed by atoms with Crippen molar-refractivity contribution in [1.29, 1.82) is 0 Å². The van der Waals surface area contributed by atoms with Crippen LogP contribution in [0.3, 0.4) is 0 Å². The van der Waals surface area contributed by atoms with Crippen LogP contribution in [0.2, 0.25) is 0 Å². The quantitative estimate of drug-likeness (QED) is 0.521. The molecular weight excluding hydrogens is 380 g/mol. The van der Waals surface area contributed by atoms with Gasteiger partial charge in [0.25, 0.3) is 0 Å². The Morgan fingerprint density at radius 3 is 2.80 bits per heavy atom. The Balaban J connectivity index is 1.87. The van der Waals surface area contributed by atoms with Gasteiger partial charge in [-0.05, 0) is 13.0 Å². The van der Waals surface area contributed by atoms with Gasteiger partial charge in [-0.1, -0.05) is 13.5 Å². The van der Waals surface area contributed by atoms with Crippen LogP contribution in [0.15, 0.2) is 48.6 Å². The number of nitrogens with two attached hydrogens (primary N) is 1. The van der Waals surface area contributed by atoms with Crippen molar-refractivity contribution in [2.75, 3.05) is 17.7 Å². The zero-order valence-electron chi connectivity index (χ0n) is 17.2. The maximum atomic E-state index is 11.7. The van der Waals surface area contributed by atoms with Gasteiger partial charge in [-0.2, -0.15) is 5.10 Å². The van der Waals surface area contributed by atoms with Gasteiger partial charge < -0.3 is 16.4 Å². The van der Waals surface area contributed by atoms with Crippen molar-refractivity contribution in [2.45, 2.75) is 20.3 Å². The van der Waals surface area contributed by atoms with Crippen molar-refractivity contribution in [2.24, 2.45) is 10.7 Å². The van der Waals surface area contributed by atoms with Crippen molar-refractivity contribution in [1.82, 2.24) is 19.6 Å². The minimum absolute atomic E-state index is 0.0750. The van der Waals surface area contributed by atoms with E-state index in [1.807, 2.05) is 13.0 Å². The van der Waals surface area contributed by atoms with E-state index in [-0.39, 0.29) is 5.91 Å². The maximum absolute atomic E-state index is 11.7. The lowest BCUT2D eigenvalue weighted by Gasteiger charge is -2.13. The van der Waals surface area contributed by atoms with Crippen LogP contribution >= 0.6 is 0 Å². The molecule has 4 N–H and O–H groups in total. The van der Waals surface area contributed by atoms with Gasteiger partial charge in [0.05, 0.1) is 53.1 Å². The number of hydrogen-bond acceptors (Lipinski definition) is 7. The standard InChI is InChI=1S/C21H24N8O/c1-5-21(30)28-16-6-18(14(3)24-9-16)27-13(2)17-10-26-29-12-19(25-11-20(17)29)15(7-22)8-23-4/h6-12,27H,2,5,22H2,1,3-4H3,(H,28,30)/b15-7+,23-8?. The first-order valence-corrected chi connectivity index (χ1v) is 9.37. The Morgan fingerprint density at radius 1 is 1.30 bits per heavy atom. The minimum atomic E-state index is -0.0750. The van der Waals surface area contributed by atoms with E-state index in [2.05, 4.69) is 37.3 Å². The number of fused-ring (bicyclic) bond motifs is 1. The molecule has 9 heteroatoms. The topological polar surface area (TPSA) is 123 Å². The van der Waals surface area contributed by atoms with E-state index < -0.39 is 0 Å². The fourth-order valence-electron chi connectivity index (χ4n) is 2.81. The number of aryl methyl sites for hydroxylation is 1. The molecule has 0 saturated carbocycles. The number of carbonyl (C=O) groups excluding carboxylic acids is 1. The molecule has 0 aromatic carbocycles. The average molecular weight is 404 g/mol. The predicted octanol–water partition coefficient (Wildman–Crippen LogP) is 2.86. The number of nitrogens with one attached hydrogen (secondary N) is 2. The number of allylic oxidation sites excluding steroid dienone is 1. The van der Waals surface area contributed by atoms with Crippen LogP contribution in [0.5, 0.6) is 0 Å². The first-order valence-electron chi connectivity index (χ1n) is 9.37. The molecule has 3 aromatic heterocycles. The number of carbonyl (C=O) groups is 1. The summed E-state index contributed by atoms with van der Waals surface area (Å²) in [6.45, 7) is 7.81. The highest BCUT2D eigenvalue weighted by atomic mass is 16.1. The highest BCUT2D eigenvalue weighted by molar-refractivity contribution is 6.08. The monoisotopic (exact) mass is 404 g/mol. The summed E-state index contributed by atoms with van der Waals surface area (Å²) in [7, 11) is 1.67. The van der Waals surface area contributed by atoms with Gasteiger partial charge in [-0.3, -0.25) is 19.8 Å². The van der Waals surface area contributed by atoms with E-state index >= 15 is 0 Å². The number of nitrogens with zero attached hydrogens (tertiary/aromatic N) is 5. The zero-order valence-corrected chi connectivity index (χ0v) is 17.2. The molecule has 0 aliphatic heterocycles. The number of anilines is 2. The van der Waals surface area contributed by atoms with Gasteiger partial charge in [0.2, 0.25) is 5.91 Å². The van der Waals surface area contributed by atoms with E-state index in [1.54, 1.807) is 49.5 Å². The molecule has 0 aliphatic carbocycles. The first kappa shape index (κ1) is 20.7. The zero-order chi connectivity index (χ0) is 21.7. The normalized spacial score (nSPS) is 11.8. The molecular formula is C21H24N8O. The molecule has 0 spiro atoms. The molecule has 154 valence electrons. The Hall–Kier alpha value is -4.01. The van der Waals surface area contributed by atoms with Crippen LogP contribution < -0.4 is 16.4 Å². The van der Waals surface area contributed by atoms with Crippen molar-refractivity contribution >= 4 is 40.3 Å². The second-order valence-corrected chi connectivity index (χ2v) is 6.53. The van der Waals surface area contributed by atoms with Crippen LogP contribution in [-0.4, -0.2) is 38.8 Å². The van der Waals surface area contributed by atoms with E-state index in [4.69, 9.17) is 5.73 Å². The van der Waals surface area contributed by atoms with Gasteiger partial charge in [0.1, 0.15) is 0 Å². The molecule has 0 aliphatic rings. The van der Waals surface area contributed by atoms with Gasteiger partial charge in [-0.25, -0.2) is 4.52 Å². The lowest BCUT2D eigenvalue weighted by molar-refractivity contribution is -0.115. The first-order chi connectivity index (χ1) is 14.5. The Kier molecular flexibility index (Phi) is 6.21. The predicted molar refractivity (Wildman–Crippen MR) is 120 cm³/mol. The van der Waals surface area contributed by atoms with E-state index in [0.717, 1.165) is 22.5 Å². The molecule has 0 saturated heterocycles. The molecule has 0 atom stereocenters. The van der Waals surface area contributed by atoms with E-state index in [0.29, 0.717) is 29.1 Å². The van der Waals surface area contributed by atoms with Gasteiger partial charge in [0.15, 0.2) is 0 Å². The van der Waals surface area contributed by atoms with E-state index in [1.165, 1.54) is 6.20 Å². The summed E-state index contributed by atoms with van der Waals surface area (Å²) in [6, 6.07) is 1.82. The highest BCUT2D eigenvalue weighted by Gasteiger charge is 2.12. The minimum Gasteiger partial charge on any atom is -0.404 e. The molecule has 30 heavy (non-hydrogen) atoms. The maximum Gasteiger partial charge on any atom is 0.224 e. The van der Waals surface area contributed by atoms with Crippen molar-refractivity contribution in [3.05, 3.63) is 60.6 Å². The number of pyridine rings is 1. The fourth-order valence-corrected chi connectivity index (χ4v) is 2.81. The SMILES string of the molecule is C=C(Nc1cc(NC(=O)CC)cnc1C)c1cnn2cc(/C(C=NC)=C/N)ncc12. The molecule has 0 radical (unpaired) electrons. The van der Waals surface area contributed by atoms with Crippen molar-refractivity contribution in [3.8, 4) is 0 Å². The third-order valence-electron chi connectivity index (χ3n) is 4.45. The van der Waals surface area contributed by atoms with Crippen LogP contribution in [0.25, 0.3) is 16.8 Å². The van der Waals surface area contributed by atoms with Crippen LogP contribution in [-0.2, 0) is 4.79 Å². The highest BCUT2D eigenvalue weighted by Crippen LogP contribution is 2.25. The number of aliphatic imine (C=N–C) groups is 1. The largest absolute Gasteiger partial charge is 0.404 e. The molecule has 9 nitrogen and oxygen atoms in total. The Labute approximate surface area is 174 Å². The summed E-state index contributed by atoms with van der Waals surface area (Å²) in [5, 5.41) is 10.5. The van der Waals surface area contributed by atoms with Crippen molar-refractivity contribution < 1.29 is 4.79 Å². The van der Waals surface area contributed by atoms with E-state index in [9.17, 15) is 4.79 Å². The summed E-state index contributed by atoms with van der Waals surface area (Å²) in [6.07, 6.45) is 10.3. The molecule has 0 bridgehead atoms. The smallest absolute Gasteiger partial charge is 0.224 e. The number of hydrogen-bond donors (Lipinski definition) is 3. The average Bonchev–Trinajstić information content (AvgIpc) is 3.17. The summed E-state index contributed by atoms with van der Waals surface area (Å²) < 4.78 is 1.71. The summed E-state index contributed by atoms with van der Waals surface area (Å²) in [4.78, 5) is 24.4. The molecule has 3 aromatic rings. The fraction of sp³-hybridized carbons (Fsp3) is 0.190. The van der Waals surface area contributed by atoms with Crippen LogP contribution in [0.1, 0.15) is 30.3 Å². The molecule has 1 amide bonds. The molecule has 0 unspecified atom stereocenters. The second kappa shape index (κ2) is 8.99. The summed E-state index contributed by atoms with van der Waals surface area (Å²) in [5.74, 6) is -0.0750. The third-order valence-corrected chi connectivity index (χ3v) is 4.45. The number of amides is 1. The number of rotatable bonds is 7.